The second kappa shape index (κ2) is 2.50. The van der Waals surface area contributed by atoms with Gasteiger partial charge in [-0.15, -0.1) is 22.0 Å². The molecule has 0 radical (unpaired) electrons. The lowest BCUT2D eigenvalue weighted by atomic mass is 10.6. The third-order valence-corrected chi connectivity index (χ3v) is 1.98. The van der Waals surface area contributed by atoms with E-state index in [-0.39, 0.29) is 0 Å². The van der Waals surface area contributed by atoms with E-state index in [9.17, 15) is 0 Å². The van der Waals surface area contributed by atoms with Crippen LogP contribution >= 0.6 is 11.8 Å². The fourth-order valence-electron chi connectivity index (χ4n) is 0.820. The zero-order chi connectivity index (χ0) is 7.68. The summed E-state index contributed by atoms with van der Waals surface area (Å²) in [5.41, 5.74) is 0.780. The van der Waals surface area contributed by atoms with Crippen LogP contribution in [0, 0.1) is 0 Å². The lowest BCUT2D eigenvalue weighted by Crippen LogP contribution is -1.90. The topological polar surface area (TPSA) is 43.1 Å². The second-order valence-electron chi connectivity index (χ2n) is 2.01. The van der Waals surface area contributed by atoms with Crippen molar-refractivity contribution < 1.29 is 0 Å². The van der Waals surface area contributed by atoms with E-state index in [4.69, 9.17) is 0 Å². The van der Waals surface area contributed by atoms with Crippen molar-refractivity contribution in [3.63, 3.8) is 0 Å². The summed E-state index contributed by atoms with van der Waals surface area (Å²) in [5.74, 6) is 0. The van der Waals surface area contributed by atoms with E-state index in [0.717, 1.165) is 10.7 Å². The molecule has 0 saturated carbocycles. The summed E-state index contributed by atoms with van der Waals surface area (Å²) in [7, 11) is 0. The van der Waals surface area contributed by atoms with Gasteiger partial charge in [0.25, 0.3) is 0 Å². The highest BCUT2D eigenvalue weighted by molar-refractivity contribution is 7.98. The molecule has 0 aromatic carbocycles. The Labute approximate surface area is 67.6 Å². The van der Waals surface area contributed by atoms with E-state index < -0.39 is 0 Å². The Morgan fingerprint density at radius 1 is 1.45 bits per heavy atom. The monoisotopic (exact) mass is 166 g/mol. The third kappa shape index (κ3) is 1.07. The number of hydrogen-bond acceptors (Lipinski definition) is 4. The van der Waals surface area contributed by atoms with Crippen molar-refractivity contribution in [2.45, 2.75) is 5.03 Å². The molecule has 2 aromatic rings. The van der Waals surface area contributed by atoms with E-state index in [1.54, 1.807) is 22.6 Å². The van der Waals surface area contributed by atoms with Crippen molar-refractivity contribution in [2.75, 3.05) is 6.26 Å². The van der Waals surface area contributed by atoms with Crippen molar-refractivity contribution in [1.82, 2.24) is 19.8 Å². The van der Waals surface area contributed by atoms with Gasteiger partial charge in [0.15, 0.2) is 5.65 Å². The summed E-state index contributed by atoms with van der Waals surface area (Å²) in [6, 6.07) is 3.82. The highest BCUT2D eigenvalue weighted by Crippen LogP contribution is 2.09. The van der Waals surface area contributed by atoms with Crippen LogP contribution in [0.5, 0.6) is 0 Å². The molecule has 0 saturated heterocycles. The Kier molecular flexibility index (Phi) is 1.50. The molecule has 56 valence electrons. The van der Waals surface area contributed by atoms with Gasteiger partial charge in [0.05, 0.1) is 0 Å². The first-order valence-corrected chi connectivity index (χ1v) is 4.34. The van der Waals surface area contributed by atoms with Crippen molar-refractivity contribution in [2.24, 2.45) is 0 Å². The quantitative estimate of drug-likeness (QED) is 0.589. The predicted molar refractivity (Wildman–Crippen MR) is 42.6 cm³/mol. The smallest absolute Gasteiger partial charge is 0.177 e. The van der Waals surface area contributed by atoms with Gasteiger partial charge in [0, 0.05) is 0 Å². The summed E-state index contributed by atoms with van der Waals surface area (Å²) < 4.78 is 1.66. The van der Waals surface area contributed by atoms with E-state index in [0.29, 0.717) is 0 Å². The Hall–Kier alpha value is -1.10. The van der Waals surface area contributed by atoms with Gasteiger partial charge < -0.3 is 0 Å². The van der Waals surface area contributed by atoms with Gasteiger partial charge in [0.1, 0.15) is 11.4 Å². The average Bonchev–Trinajstić information content (AvgIpc) is 2.50. The standard InChI is InChI=1S/C6H6N4S/c1-11-6-3-2-5-8-7-4-10(5)9-6/h2-4H,1H3. The van der Waals surface area contributed by atoms with E-state index >= 15 is 0 Å². The molecular weight excluding hydrogens is 160 g/mol. The Bertz CT molecular complexity index is 369. The zero-order valence-electron chi connectivity index (χ0n) is 5.93. The molecule has 0 fully saturated rings. The fourth-order valence-corrected chi connectivity index (χ4v) is 1.19. The molecule has 0 aliphatic heterocycles. The average molecular weight is 166 g/mol. The summed E-state index contributed by atoms with van der Waals surface area (Å²) in [6.07, 6.45) is 3.58. The van der Waals surface area contributed by atoms with Crippen LogP contribution in [0.2, 0.25) is 0 Å². The Morgan fingerprint density at radius 2 is 2.36 bits per heavy atom. The van der Waals surface area contributed by atoms with Gasteiger partial charge in [-0.25, -0.2) is 0 Å². The molecule has 4 nitrogen and oxygen atoms in total. The van der Waals surface area contributed by atoms with Gasteiger partial charge in [-0.1, -0.05) is 0 Å². The van der Waals surface area contributed by atoms with Gasteiger partial charge in [0.2, 0.25) is 0 Å². The molecule has 2 heterocycles. The van der Waals surface area contributed by atoms with Crippen LogP contribution in [0.15, 0.2) is 23.5 Å². The SMILES string of the molecule is CSc1ccc2nncn2n1. The molecule has 0 atom stereocenters. The molecule has 0 unspecified atom stereocenters. The first-order chi connectivity index (χ1) is 5.40. The lowest BCUT2D eigenvalue weighted by molar-refractivity contribution is 0.854. The van der Waals surface area contributed by atoms with Crippen molar-refractivity contribution >= 4 is 17.4 Å². The van der Waals surface area contributed by atoms with Crippen LogP contribution in [-0.4, -0.2) is 26.1 Å². The zero-order valence-corrected chi connectivity index (χ0v) is 6.75. The summed E-state index contributed by atoms with van der Waals surface area (Å²) in [4.78, 5) is 0. The summed E-state index contributed by atoms with van der Waals surface area (Å²) >= 11 is 1.60. The van der Waals surface area contributed by atoms with Gasteiger partial charge in [-0.3, -0.25) is 0 Å². The summed E-state index contributed by atoms with van der Waals surface area (Å²) in [5, 5.41) is 12.7. The highest BCUT2D eigenvalue weighted by atomic mass is 32.2. The van der Waals surface area contributed by atoms with Crippen LogP contribution in [0.3, 0.4) is 0 Å². The lowest BCUT2D eigenvalue weighted by Gasteiger charge is -1.93. The first-order valence-electron chi connectivity index (χ1n) is 3.11. The Balaban J connectivity index is 2.67. The molecular formula is C6H6N4S. The predicted octanol–water partition coefficient (Wildman–Crippen LogP) is 0.846. The van der Waals surface area contributed by atoms with Gasteiger partial charge in [-0.2, -0.15) is 9.61 Å². The van der Waals surface area contributed by atoms with Crippen LogP contribution in [0.4, 0.5) is 0 Å². The van der Waals surface area contributed by atoms with Gasteiger partial charge >= 0.3 is 0 Å². The largest absolute Gasteiger partial charge is 0.199 e. The normalized spacial score (nSPS) is 10.6. The maximum atomic E-state index is 4.21. The fraction of sp³-hybridized carbons (Fsp3) is 0.167. The second-order valence-corrected chi connectivity index (χ2v) is 2.84. The van der Waals surface area contributed by atoms with Crippen LogP contribution in [0.1, 0.15) is 0 Å². The number of aromatic nitrogens is 4. The number of rotatable bonds is 1. The summed E-state index contributed by atoms with van der Waals surface area (Å²) in [6.45, 7) is 0. The van der Waals surface area contributed by atoms with Crippen LogP contribution in [0.25, 0.3) is 5.65 Å². The molecule has 0 spiro atoms. The third-order valence-electron chi connectivity index (χ3n) is 1.35. The van der Waals surface area contributed by atoms with Crippen LogP contribution in [-0.2, 0) is 0 Å². The maximum Gasteiger partial charge on any atom is 0.177 e. The number of hydrogen-bond donors (Lipinski definition) is 0. The molecule has 0 N–H and O–H groups in total. The van der Waals surface area contributed by atoms with E-state index in [1.807, 2.05) is 18.4 Å². The maximum absolute atomic E-state index is 4.21. The molecule has 11 heavy (non-hydrogen) atoms. The molecule has 0 amide bonds. The van der Waals surface area contributed by atoms with Crippen molar-refractivity contribution in [3.05, 3.63) is 18.5 Å². The minimum Gasteiger partial charge on any atom is -0.199 e. The minimum atomic E-state index is 0.780. The van der Waals surface area contributed by atoms with Crippen LogP contribution < -0.4 is 0 Å². The first kappa shape index (κ1) is 6.60. The molecule has 2 rings (SSSR count). The van der Waals surface area contributed by atoms with Gasteiger partial charge in [-0.05, 0) is 18.4 Å². The van der Waals surface area contributed by atoms with Crippen molar-refractivity contribution in [1.29, 1.82) is 0 Å². The van der Waals surface area contributed by atoms with E-state index in [1.165, 1.54) is 0 Å². The number of thioether (sulfide) groups is 1. The highest BCUT2D eigenvalue weighted by Gasteiger charge is 1.96. The molecule has 5 heteroatoms. The molecule has 2 aromatic heterocycles. The molecule has 0 bridgehead atoms. The number of fused-ring (bicyclic) bond motifs is 1. The van der Waals surface area contributed by atoms with Crippen molar-refractivity contribution in [3.8, 4) is 0 Å². The Morgan fingerprint density at radius 3 is 3.18 bits per heavy atom. The minimum absolute atomic E-state index is 0.780. The number of nitrogens with zero attached hydrogens (tertiary/aromatic N) is 4. The molecule has 0 aliphatic rings. The van der Waals surface area contributed by atoms with E-state index in [2.05, 4.69) is 15.3 Å². The molecule has 0 aliphatic carbocycles.